The van der Waals surface area contributed by atoms with Gasteiger partial charge < -0.3 is 28.3 Å². The Labute approximate surface area is 174 Å². The fraction of sp³-hybridized carbons (Fsp3) is 0.833. The van der Waals surface area contributed by atoms with Crippen molar-refractivity contribution in [2.45, 2.75) is 83.8 Å². The molecule has 0 radical (unpaired) electrons. The summed E-state index contributed by atoms with van der Waals surface area (Å²) in [7, 11) is -5.65. The summed E-state index contributed by atoms with van der Waals surface area (Å²) in [6, 6.07) is 0.802. The minimum atomic E-state index is -2.26. The average Bonchev–Trinajstić information content (AvgIpc) is 2.50. The van der Waals surface area contributed by atoms with E-state index in [0.717, 1.165) is 18.5 Å². The van der Waals surface area contributed by atoms with Gasteiger partial charge in [0.05, 0.1) is 19.3 Å². The van der Waals surface area contributed by atoms with Crippen LogP contribution in [0.25, 0.3) is 0 Å². The van der Waals surface area contributed by atoms with Gasteiger partial charge >= 0.3 is 14.5 Å². The zero-order valence-corrected chi connectivity index (χ0v) is 21.9. The third-order valence-electron chi connectivity index (χ3n) is 3.26. The highest BCUT2D eigenvalue weighted by Gasteiger charge is 2.39. The summed E-state index contributed by atoms with van der Waals surface area (Å²) in [6.45, 7) is 20.1. The quantitative estimate of drug-likeness (QED) is 0.236. The molecule has 0 bridgehead atoms. The van der Waals surface area contributed by atoms with Crippen LogP contribution in [0.4, 0.5) is 0 Å². The highest BCUT2D eigenvalue weighted by atomic mass is 28.5. The van der Waals surface area contributed by atoms with Crippen molar-refractivity contribution in [2.24, 2.45) is 0 Å². The molecule has 3 N–H and O–H groups in total. The third kappa shape index (κ3) is 17.7. The van der Waals surface area contributed by atoms with Gasteiger partial charge in [-0.05, 0) is 71.6 Å². The monoisotopic (exact) mass is 454 g/mol. The Kier molecular flexibility index (Phi) is 14.7. The van der Waals surface area contributed by atoms with Gasteiger partial charge in [-0.15, -0.1) is 0 Å². The summed E-state index contributed by atoms with van der Waals surface area (Å²) in [5.41, 5.74) is 0. The number of hydrogen-bond donors (Lipinski definition) is 3. The molecule has 28 heavy (non-hydrogen) atoms. The lowest BCUT2D eigenvalue weighted by Crippen LogP contribution is -2.52. The van der Waals surface area contributed by atoms with Gasteiger partial charge in [-0.3, -0.25) is 0 Å². The van der Waals surface area contributed by atoms with Crippen LogP contribution < -0.4 is 0 Å². The first kappa shape index (κ1) is 29.9. The molecule has 0 rings (SSSR count). The van der Waals surface area contributed by atoms with E-state index in [9.17, 15) is 15.0 Å². The molecule has 0 aromatic heterocycles. The van der Waals surface area contributed by atoms with Crippen LogP contribution in [0.1, 0.15) is 19.8 Å². The van der Waals surface area contributed by atoms with E-state index in [-0.39, 0.29) is 5.97 Å². The van der Waals surface area contributed by atoms with Crippen molar-refractivity contribution in [1.29, 1.82) is 0 Å². The maximum Gasteiger partial charge on any atom is 0.330 e. The Morgan fingerprint density at radius 3 is 1.75 bits per heavy atom. The minimum Gasteiger partial charge on any atom is -0.463 e. The first-order chi connectivity index (χ1) is 12.6. The molecule has 0 fully saturated rings. The van der Waals surface area contributed by atoms with Gasteiger partial charge in [-0.1, -0.05) is 6.58 Å². The molecular formula is C18H42O7Si3. The van der Waals surface area contributed by atoms with Gasteiger partial charge in [-0.25, -0.2) is 4.79 Å². The van der Waals surface area contributed by atoms with Crippen LogP contribution >= 0.6 is 0 Å². The van der Waals surface area contributed by atoms with Crippen molar-refractivity contribution < 1.29 is 33.1 Å². The van der Waals surface area contributed by atoms with E-state index >= 15 is 0 Å². The fourth-order valence-corrected chi connectivity index (χ4v) is 15.1. The highest BCUT2D eigenvalue weighted by molar-refractivity contribution is 6.87. The summed E-state index contributed by atoms with van der Waals surface area (Å²) in [5, 5.41) is 27.9. The van der Waals surface area contributed by atoms with Crippen LogP contribution in [-0.2, 0) is 17.8 Å². The maximum atomic E-state index is 10.1. The minimum absolute atomic E-state index is 0.359. The molecule has 0 saturated heterocycles. The van der Waals surface area contributed by atoms with E-state index in [4.69, 9.17) is 13.3 Å². The largest absolute Gasteiger partial charge is 0.463 e. The number of carbonyl (C=O) groups is 1. The number of carbonyl (C=O) groups excluding carboxylic acids is 1. The molecule has 0 amide bonds. The molecule has 0 aromatic carbocycles. The molecule has 0 saturated carbocycles. The topological polar surface area (TPSA) is 105 Å². The number of hydrogen-bond acceptors (Lipinski definition) is 7. The zero-order valence-electron chi connectivity index (χ0n) is 18.9. The van der Waals surface area contributed by atoms with E-state index in [1.165, 1.54) is 0 Å². The molecule has 0 aliphatic heterocycles. The molecular weight excluding hydrogens is 412 g/mol. The van der Waals surface area contributed by atoms with E-state index in [2.05, 4.69) is 57.1 Å². The number of esters is 1. The fourth-order valence-electron chi connectivity index (χ4n) is 2.57. The number of rotatable bonds is 12. The molecule has 0 aliphatic carbocycles. The lowest BCUT2D eigenvalue weighted by atomic mass is 10.1. The second kappa shape index (κ2) is 13.8. The van der Waals surface area contributed by atoms with E-state index < -0.39 is 44.0 Å². The van der Waals surface area contributed by atoms with Crippen LogP contribution in [0.2, 0.25) is 51.9 Å². The predicted molar refractivity (Wildman–Crippen MR) is 120 cm³/mol. The lowest BCUT2D eigenvalue weighted by molar-refractivity contribution is -0.137. The Morgan fingerprint density at radius 2 is 1.46 bits per heavy atom. The average molecular weight is 455 g/mol. The van der Waals surface area contributed by atoms with Gasteiger partial charge in [0.25, 0.3) is 0 Å². The summed E-state index contributed by atoms with van der Waals surface area (Å²) in [5.74, 6) is -0.359. The predicted octanol–water partition coefficient (Wildman–Crippen LogP) is 2.99. The van der Waals surface area contributed by atoms with Crippen molar-refractivity contribution in [3.05, 3.63) is 12.7 Å². The maximum absolute atomic E-state index is 10.1. The summed E-state index contributed by atoms with van der Waals surface area (Å²) >= 11 is 0. The van der Waals surface area contributed by atoms with Gasteiger partial charge in [-0.2, -0.15) is 0 Å². The number of ether oxygens (including phenoxy) is 1. The van der Waals surface area contributed by atoms with Crippen LogP contribution in [0.15, 0.2) is 12.7 Å². The van der Waals surface area contributed by atoms with Gasteiger partial charge in [0.1, 0.15) is 6.10 Å². The summed E-state index contributed by atoms with van der Waals surface area (Å²) < 4.78 is 17.2. The summed E-state index contributed by atoms with van der Waals surface area (Å²) in [6.07, 6.45) is 0.383. The number of aliphatic hydroxyl groups excluding tert-OH is 3. The molecule has 10 heteroatoms. The van der Waals surface area contributed by atoms with Gasteiger partial charge in [0, 0.05) is 6.08 Å². The van der Waals surface area contributed by atoms with Crippen LogP contribution in [0.5, 0.6) is 0 Å². The van der Waals surface area contributed by atoms with Crippen molar-refractivity contribution >= 4 is 31.2 Å². The standard InChI is InChI=1S/C13H34O5Si3.C5H8O2/c1-19(2,3)17-21(7,18-20(4,5)6)10-8-9-12(15)13(16)11-14;1-3-5(6)7-4-2/h12-16H,8-11H2,1-7H3;3H,1,4H2,2H3. The van der Waals surface area contributed by atoms with E-state index in [1.54, 1.807) is 6.92 Å². The Bertz CT molecular complexity index is 431. The SMILES string of the molecule is C=CC(=O)OCC.C[Si](C)(C)O[Si](C)(CCCC(O)C(O)CO)O[Si](C)(C)C. The van der Waals surface area contributed by atoms with Crippen LogP contribution in [-0.4, -0.2) is 71.9 Å². The third-order valence-corrected chi connectivity index (χ3v) is 12.9. The first-order valence-corrected chi connectivity index (χ1v) is 19.1. The van der Waals surface area contributed by atoms with Crippen LogP contribution in [0.3, 0.4) is 0 Å². The van der Waals surface area contributed by atoms with E-state index in [0.29, 0.717) is 13.0 Å². The molecule has 0 spiro atoms. The zero-order chi connectivity index (χ0) is 22.6. The first-order valence-electron chi connectivity index (χ1n) is 9.75. The van der Waals surface area contributed by atoms with Crippen molar-refractivity contribution in [3.63, 3.8) is 0 Å². The Balaban J connectivity index is 0. The van der Waals surface area contributed by atoms with Crippen molar-refractivity contribution in [3.8, 4) is 0 Å². The second-order valence-electron chi connectivity index (χ2n) is 8.73. The number of aliphatic hydroxyl groups is 3. The smallest absolute Gasteiger partial charge is 0.330 e. The molecule has 0 heterocycles. The highest BCUT2D eigenvalue weighted by Crippen LogP contribution is 2.26. The van der Waals surface area contributed by atoms with Crippen LogP contribution in [0, 0.1) is 0 Å². The molecule has 0 aliphatic rings. The normalized spacial score (nSPS) is 14.5. The Hall–Kier alpha value is -0.339. The Morgan fingerprint density at radius 1 is 1.00 bits per heavy atom. The summed E-state index contributed by atoms with van der Waals surface area (Å²) in [4.78, 5) is 10.1. The molecule has 0 aromatic rings. The van der Waals surface area contributed by atoms with Crippen molar-refractivity contribution in [2.75, 3.05) is 13.2 Å². The lowest BCUT2D eigenvalue weighted by Gasteiger charge is -2.38. The molecule has 7 nitrogen and oxygen atoms in total. The van der Waals surface area contributed by atoms with Gasteiger partial charge in [0.15, 0.2) is 16.6 Å². The second-order valence-corrected chi connectivity index (χ2v) is 21.6. The van der Waals surface area contributed by atoms with Crippen molar-refractivity contribution in [1.82, 2.24) is 0 Å². The molecule has 168 valence electrons. The van der Waals surface area contributed by atoms with E-state index in [1.807, 2.05) is 0 Å². The molecule has 2 unspecified atom stereocenters. The molecule has 2 atom stereocenters. The van der Waals surface area contributed by atoms with Gasteiger partial charge in [0.2, 0.25) is 0 Å².